The van der Waals surface area contributed by atoms with Gasteiger partial charge in [0.1, 0.15) is 5.75 Å². The van der Waals surface area contributed by atoms with Crippen LogP contribution in [0.5, 0.6) is 5.75 Å². The van der Waals surface area contributed by atoms with Crippen LogP contribution in [0.1, 0.15) is 0 Å². The second-order valence-corrected chi connectivity index (χ2v) is 7.29. The van der Waals surface area contributed by atoms with Crippen molar-refractivity contribution in [3.8, 4) is 17.1 Å². The van der Waals surface area contributed by atoms with Crippen molar-refractivity contribution in [3.05, 3.63) is 52.5 Å². The highest BCUT2D eigenvalue weighted by Gasteiger charge is 2.14. The van der Waals surface area contributed by atoms with Gasteiger partial charge in [0.2, 0.25) is 5.91 Å². The summed E-state index contributed by atoms with van der Waals surface area (Å²) in [5.74, 6) is 1.27. The first-order valence-corrected chi connectivity index (χ1v) is 9.64. The fourth-order valence-electron chi connectivity index (χ4n) is 2.39. The average molecular weight is 423 g/mol. The molecule has 1 N–H and O–H groups in total. The summed E-state index contributed by atoms with van der Waals surface area (Å²) in [6.07, 6.45) is 0. The molecule has 0 atom stereocenters. The first kappa shape index (κ1) is 19.5. The molecule has 2 aromatic carbocycles. The Hall–Kier alpha value is -2.22. The van der Waals surface area contributed by atoms with Gasteiger partial charge in [0, 0.05) is 12.6 Å². The van der Waals surface area contributed by atoms with E-state index in [4.69, 9.17) is 27.9 Å². The quantitative estimate of drug-likeness (QED) is 0.590. The van der Waals surface area contributed by atoms with Gasteiger partial charge in [-0.2, -0.15) is 0 Å². The molecule has 3 rings (SSSR count). The molecule has 1 heterocycles. The lowest BCUT2D eigenvalue weighted by atomic mass is 10.2. The Labute approximate surface area is 170 Å². The lowest BCUT2D eigenvalue weighted by Gasteiger charge is -2.09. The van der Waals surface area contributed by atoms with E-state index in [0.717, 1.165) is 5.56 Å². The standard InChI is InChI=1S/C18H16Cl2N4O2S/c1-24-17(11-7-8-12(19)13(20)9-11)22-23-18(24)27-10-16(25)21-14-5-3-4-6-15(14)26-2/h3-9H,10H2,1-2H3,(H,21,25). The molecule has 9 heteroatoms. The van der Waals surface area contributed by atoms with Crippen LogP contribution >= 0.6 is 35.0 Å². The summed E-state index contributed by atoms with van der Waals surface area (Å²) in [6, 6.07) is 12.5. The first-order valence-electron chi connectivity index (χ1n) is 7.90. The van der Waals surface area contributed by atoms with Gasteiger partial charge in [-0.25, -0.2) is 0 Å². The molecule has 0 aliphatic carbocycles. The number of ether oxygens (including phenoxy) is 1. The third kappa shape index (κ3) is 4.55. The molecule has 140 valence electrons. The largest absolute Gasteiger partial charge is 0.495 e. The fourth-order valence-corrected chi connectivity index (χ4v) is 3.40. The van der Waals surface area contributed by atoms with E-state index in [1.165, 1.54) is 11.8 Å². The SMILES string of the molecule is COc1ccccc1NC(=O)CSc1nnc(-c2ccc(Cl)c(Cl)c2)n1C. The van der Waals surface area contributed by atoms with E-state index in [1.54, 1.807) is 35.9 Å². The van der Waals surface area contributed by atoms with Crippen LogP contribution in [0.4, 0.5) is 5.69 Å². The van der Waals surface area contributed by atoms with Crippen molar-refractivity contribution in [1.82, 2.24) is 14.8 Å². The Morgan fingerprint density at radius 1 is 1.19 bits per heavy atom. The minimum absolute atomic E-state index is 0.163. The number of rotatable bonds is 6. The summed E-state index contributed by atoms with van der Waals surface area (Å²) in [5.41, 5.74) is 1.42. The molecule has 0 saturated carbocycles. The number of benzene rings is 2. The van der Waals surface area contributed by atoms with Crippen molar-refractivity contribution in [3.63, 3.8) is 0 Å². The molecule has 0 saturated heterocycles. The van der Waals surface area contributed by atoms with Gasteiger partial charge in [-0.1, -0.05) is 47.1 Å². The molecule has 6 nitrogen and oxygen atoms in total. The number of nitrogens with zero attached hydrogens (tertiary/aromatic N) is 3. The van der Waals surface area contributed by atoms with Crippen LogP contribution < -0.4 is 10.1 Å². The number of aromatic nitrogens is 3. The number of hydrogen-bond donors (Lipinski definition) is 1. The Balaban J connectivity index is 1.67. The maximum atomic E-state index is 12.2. The average Bonchev–Trinajstić information content (AvgIpc) is 3.03. The van der Waals surface area contributed by atoms with Gasteiger partial charge in [0.15, 0.2) is 11.0 Å². The van der Waals surface area contributed by atoms with Crippen LogP contribution in [0.15, 0.2) is 47.6 Å². The third-order valence-corrected chi connectivity index (χ3v) is 5.49. The Morgan fingerprint density at radius 3 is 2.70 bits per heavy atom. The van der Waals surface area contributed by atoms with Crippen molar-refractivity contribution in [2.24, 2.45) is 7.05 Å². The van der Waals surface area contributed by atoms with Crippen molar-refractivity contribution in [1.29, 1.82) is 0 Å². The third-order valence-electron chi connectivity index (χ3n) is 3.73. The summed E-state index contributed by atoms with van der Waals surface area (Å²) in [6.45, 7) is 0. The van der Waals surface area contributed by atoms with E-state index >= 15 is 0 Å². The number of anilines is 1. The molecule has 0 aliphatic heterocycles. The number of amides is 1. The van der Waals surface area contributed by atoms with Crippen molar-refractivity contribution in [2.75, 3.05) is 18.2 Å². The van der Waals surface area contributed by atoms with E-state index in [0.29, 0.717) is 32.5 Å². The van der Waals surface area contributed by atoms with Crippen LogP contribution in [0, 0.1) is 0 Å². The van der Waals surface area contributed by atoms with E-state index in [1.807, 2.05) is 25.2 Å². The lowest BCUT2D eigenvalue weighted by molar-refractivity contribution is -0.113. The smallest absolute Gasteiger partial charge is 0.234 e. The topological polar surface area (TPSA) is 69.0 Å². The Morgan fingerprint density at radius 2 is 1.96 bits per heavy atom. The highest BCUT2D eigenvalue weighted by molar-refractivity contribution is 7.99. The maximum absolute atomic E-state index is 12.2. The normalized spacial score (nSPS) is 10.7. The van der Waals surface area contributed by atoms with Gasteiger partial charge in [-0.05, 0) is 30.3 Å². The molecule has 3 aromatic rings. The predicted octanol–water partition coefficient (Wildman–Crippen LogP) is 4.53. The monoisotopic (exact) mass is 422 g/mol. The second-order valence-electron chi connectivity index (χ2n) is 5.53. The number of thioether (sulfide) groups is 1. The summed E-state index contributed by atoms with van der Waals surface area (Å²) >= 11 is 13.3. The van der Waals surface area contributed by atoms with Gasteiger partial charge in [0.25, 0.3) is 0 Å². The number of para-hydroxylation sites is 2. The van der Waals surface area contributed by atoms with Crippen LogP contribution in [0.3, 0.4) is 0 Å². The van der Waals surface area contributed by atoms with E-state index < -0.39 is 0 Å². The van der Waals surface area contributed by atoms with Gasteiger partial charge < -0.3 is 14.6 Å². The van der Waals surface area contributed by atoms with Crippen LogP contribution in [0.25, 0.3) is 11.4 Å². The van der Waals surface area contributed by atoms with E-state index in [-0.39, 0.29) is 11.7 Å². The van der Waals surface area contributed by atoms with Gasteiger partial charge in [-0.3, -0.25) is 4.79 Å². The number of carbonyl (C=O) groups is 1. The molecule has 0 unspecified atom stereocenters. The Kier molecular flexibility index (Phi) is 6.26. The number of halogens is 2. The summed E-state index contributed by atoms with van der Waals surface area (Å²) in [5, 5.41) is 12.7. The number of carbonyl (C=O) groups excluding carboxylic acids is 1. The van der Waals surface area contributed by atoms with Crippen molar-refractivity contribution in [2.45, 2.75) is 5.16 Å². The molecule has 0 aliphatic rings. The molecular weight excluding hydrogens is 407 g/mol. The number of methoxy groups -OCH3 is 1. The summed E-state index contributed by atoms with van der Waals surface area (Å²) in [7, 11) is 3.39. The first-order chi connectivity index (χ1) is 13.0. The van der Waals surface area contributed by atoms with Crippen molar-refractivity contribution < 1.29 is 9.53 Å². The van der Waals surface area contributed by atoms with Gasteiger partial charge >= 0.3 is 0 Å². The number of nitrogens with one attached hydrogen (secondary N) is 1. The Bertz CT molecular complexity index is 978. The van der Waals surface area contributed by atoms with E-state index in [9.17, 15) is 4.79 Å². The maximum Gasteiger partial charge on any atom is 0.234 e. The zero-order valence-electron chi connectivity index (χ0n) is 14.6. The lowest BCUT2D eigenvalue weighted by Crippen LogP contribution is -2.15. The molecule has 0 radical (unpaired) electrons. The fraction of sp³-hybridized carbons (Fsp3) is 0.167. The van der Waals surface area contributed by atoms with Crippen molar-refractivity contribution >= 4 is 46.6 Å². The highest BCUT2D eigenvalue weighted by Crippen LogP contribution is 2.29. The minimum Gasteiger partial charge on any atom is -0.495 e. The number of hydrogen-bond acceptors (Lipinski definition) is 5. The van der Waals surface area contributed by atoms with Gasteiger partial charge in [-0.15, -0.1) is 10.2 Å². The molecular formula is C18H16Cl2N4O2S. The minimum atomic E-state index is -0.163. The molecule has 0 fully saturated rings. The van der Waals surface area contributed by atoms with Crippen LogP contribution in [-0.2, 0) is 11.8 Å². The second kappa shape index (κ2) is 8.65. The molecule has 0 spiro atoms. The van der Waals surface area contributed by atoms with E-state index in [2.05, 4.69) is 15.5 Å². The zero-order valence-corrected chi connectivity index (χ0v) is 16.9. The molecule has 27 heavy (non-hydrogen) atoms. The van der Waals surface area contributed by atoms with Crippen LogP contribution in [-0.4, -0.2) is 33.5 Å². The zero-order chi connectivity index (χ0) is 19.4. The van der Waals surface area contributed by atoms with Gasteiger partial charge in [0.05, 0.1) is 28.6 Å². The predicted molar refractivity (Wildman–Crippen MR) is 109 cm³/mol. The van der Waals surface area contributed by atoms with Crippen LogP contribution in [0.2, 0.25) is 10.0 Å². The highest BCUT2D eigenvalue weighted by atomic mass is 35.5. The summed E-state index contributed by atoms with van der Waals surface area (Å²) < 4.78 is 7.04. The molecule has 1 amide bonds. The molecule has 0 bridgehead atoms. The summed E-state index contributed by atoms with van der Waals surface area (Å²) in [4.78, 5) is 12.2. The molecule has 1 aromatic heterocycles.